The van der Waals surface area contributed by atoms with E-state index in [0.29, 0.717) is 11.8 Å². The Bertz CT molecular complexity index is 601. The van der Waals surface area contributed by atoms with Crippen LogP contribution in [0.4, 0.5) is 8.78 Å². The van der Waals surface area contributed by atoms with Crippen molar-refractivity contribution in [1.29, 1.82) is 0 Å². The number of carbonyl (C=O) groups is 2. The van der Waals surface area contributed by atoms with Crippen LogP contribution in [-0.4, -0.2) is 17.0 Å². The van der Waals surface area contributed by atoms with E-state index in [9.17, 15) is 23.5 Å². The molecule has 0 heterocycles. The van der Waals surface area contributed by atoms with Crippen molar-refractivity contribution in [3.63, 3.8) is 0 Å². The predicted octanol–water partition coefficient (Wildman–Crippen LogP) is 2.25. The SMILES string of the molecule is O=C(O)C(NC(=O)C1CC1C1CC1)c1ccc(F)c(F)c1. The molecule has 3 atom stereocenters. The standard InChI is InChI=1S/C15H15F2NO3/c16-11-4-3-8(5-12(11)17)13(15(20)21)18-14(19)10-6-9(10)7-1-2-7/h3-5,7,9-10,13H,1-2,6H2,(H,18,19)(H,20,21). The lowest BCUT2D eigenvalue weighted by atomic mass is 10.1. The van der Waals surface area contributed by atoms with Crippen molar-refractivity contribution in [2.75, 3.05) is 0 Å². The average Bonchev–Trinajstić information content (AvgIpc) is 3.27. The largest absolute Gasteiger partial charge is 0.479 e. The zero-order valence-electron chi connectivity index (χ0n) is 11.2. The molecule has 0 spiro atoms. The van der Waals surface area contributed by atoms with E-state index in [-0.39, 0.29) is 17.4 Å². The number of hydrogen-bond donors (Lipinski definition) is 2. The highest BCUT2D eigenvalue weighted by atomic mass is 19.2. The van der Waals surface area contributed by atoms with Crippen LogP contribution >= 0.6 is 0 Å². The summed E-state index contributed by atoms with van der Waals surface area (Å²) in [5, 5.41) is 11.6. The maximum absolute atomic E-state index is 13.2. The van der Waals surface area contributed by atoms with Gasteiger partial charge in [0.25, 0.3) is 0 Å². The topological polar surface area (TPSA) is 66.4 Å². The third kappa shape index (κ3) is 2.89. The minimum Gasteiger partial charge on any atom is -0.479 e. The Morgan fingerprint density at radius 3 is 2.52 bits per heavy atom. The maximum Gasteiger partial charge on any atom is 0.330 e. The van der Waals surface area contributed by atoms with Gasteiger partial charge >= 0.3 is 5.97 Å². The Kier molecular flexibility index (Phi) is 3.39. The summed E-state index contributed by atoms with van der Waals surface area (Å²) in [5.74, 6) is -2.95. The lowest BCUT2D eigenvalue weighted by Gasteiger charge is -2.15. The fraction of sp³-hybridized carbons (Fsp3) is 0.467. The first-order chi connectivity index (χ1) is 9.97. The molecule has 3 unspecified atom stereocenters. The highest BCUT2D eigenvalue weighted by Crippen LogP contribution is 2.54. The molecule has 0 saturated heterocycles. The van der Waals surface area contributed by atoms with Crippen molar-refractivity contribution < 1.29 is 23.5 Å². The lowest BCUT2D eigenvalue weighted by Crippen LogP contribution is -2.35. The van der Waals surface area contributed by atoms with Crippen molar-refractivity contribution in [1.82, 2.24) is 5.32 Å². The van der Waals surface area contributed by atoms with Crippen LogP contribution in [0.2, 0.25) is 0 Å². The van der Waals surface area contributed by atoms with E-state index < -0.39 is 23.6 Å². The molecule has 21 heavy (non-hydrogen) atoms. The summed E-state index contributed by atoms with van der Waals surface area (Å²) >= 11 is 0. The molecule has 2 aliphatic rings. The minimum absolute atomic E-state index is 0.0263. The van der Waals surface area contributed by atoms with Gasteiger partial charge in [-0.25, -0.2) is 13.6 Å². The molecule has 1 amide bonds. The summed E-state index contributed by atoms with van der Waals surface area (Å²) < 4.78 is 26.1. The first-order valence-electron chi connectivity index (χ1n) is 6.95. The Labute approximate surface area is 120 Å². The second kappa shape index (κ2) is 5.09. The summed E-state index contributed by atoms with van der Waals surface area (Å²) in [5.41, 5.74) is 0.0263. The lowest BCUT2D eigenvalue weighted by molar-refractivity contribution is -0.142. The molecule has 2 N–H and O–H groups in total. The van der Waals surface area contributed by atoms with Gasteiger partial charge in [0.05, 0.1) is 0 Å². The molecule has 1 aromatic carbocycles. The van der Waals surface area contributed by atoms with Gasteiger partial charge in [-0.2, -0.15) is 0 Å². The van der Waals surface area contributed by atoms with Crippen LogP contribution in [-0.2, 0) is 9.59 Å². The van der Waals surface area contributed by atoms with Crippen LogP contribution in [0.1, 0.15) is 30.9 Å². The second-order valence-electron chi connectivity index (χ2n) is 5.80. The number of nitrogens with one attached hydrogen (secondary N) is 1. The van der Waals surface area contributed by atoms with E-state index in [4.69, 9.17) is 0 Å². The van der Waals surface area contributed by atoms with Gasteiger partial charge in [-0.3, -0.25) is 4.79 Å². The molecular formula is C15H15F2NO3. The number of rotatable bonds is 5. The van der Waals surface area contributed by atoms with E-state index in [1.165, 1.54) is 6.07 Å². The van der Waals surface area contributed by atoms with Gasteiger partial charge in [0, 0.05) is 5.92 Å². The molecule has 2 aliphatic carbocycles. The average molecular weight is 295 g/mol. The fourth-order valence-electron chi connectivity index (χ4n) is 2.79. The Morgan fingerprint density at radius 1 is 1.24 bits per heavy atom. The number of hydrogen-bond acceptors (Lipinski definition) is 2. The predicted molar refractivity (Wildman–Crippen MR) is 69.2 cm³/mol. The van der Waals surface area contributed by atoms with Gasteiger partial charge in [0.1, 0.15) is 0 Å². The molecule has 6 heteroatoms. The molecule has 2 fully saturated rings. The number of carboxylic acid groups (broad SMARTS) is 1. The quantitative estimate of drug-likeness (QED) is 0.875. The first-order valence-corrected chi connectivity index (χ1v) is 6.95. The maximum atomic E-state index is 13.2. The van der Waals surface area contributed by atoms with Gasteiger partial charge in [-0.1, -0.05) is 6.07 Å². The molecule has 2 saturated carbocycles. The molecule has 4 nitrogen and oxygen atoms in total. The zero-order chi connectivity index (χ0) is 15.1. The summed E-state index contributed by atoms with van der Waals surface area (Å²) in [4.78, 5) is 23.3. The van der Waals surface area contributed by atoms with Crippen molar-refractivity contribution in [3.8, 4) is 0 Å². The molecule has 0 bridgehead atoms. The first kappa shape index (κ1) is 14.0. The van der Waals surface area contributed by atoms with Crippen molar-refractivity contribution in [2.24, 2.45) is 17.8 Å². The molecule has 0 radical (unpaired) electrons. The number of aliphatic carboxylic acids is 1. The number of carbonyl (C=O) groups excluding carboxylic acids is 1. The van der Waals surface area contributed by atoms with Crippen molar-refractivity contribution in [2.45, 2.75) is 25.3 Å². The van der Waals surface area contributed by atoms with Crippen LogP contribution < -0.4 is 5.32 Å². The third-order valence-corrected chi connectivity index (χ3v) is 4.21. The molecule has 1 aromatic rings. The summed E-state index contributed by atoms with van der Waals surface area (Å²) in [6.45, 7) is 0. The molecular weight excluding hydrogens is 280 g/mol. The van der Waals surface area contributed by atoms with Crippen LogP contribution in [0.5, 0.6) is 0 Å². The second-order valence-corrected chi connectivity index (χ2v) is 5.80. The van der Waals surface area contributed by atoms with Gasteiger partial charge in [-0.15, -0.1) is 0 Å². The van der Waals surface area contributed by atoms with Gasteiger partial charge in [0.2, 0.25) is 5.91 Å². The Balaban J connectivity index is 1.70. The van der Waals surface area contributed by atoms with Gasteiger partial charge in [-0.05, 0) is 48.8 Å². The fourth-order valence-corrected chi connectivity index (χ4v) is 2.79. The van der Waals surface area contributed by atoms with Crippen molar-refractivity contribution >= 4 is 11.9 Å². The minimum atomic E-state index is -1.35. The van der Waals surface area contributed by atoms with Crippen molar-refractivity contribution in [3.05, 3.63) is 35.4 Å². The van der Waals surface area contributed by atoms with E-state index >= 15 is 0 Å². The summed E-state index contributed by atoms with van der Waals surface area (Å²) in [6, 6.07) is 1.48. The van der Waals surface area contributed by atoms with Crippen LogP contribution in [0, 0.1) is 29.4 Å². The van der Waals surface area contributed by atoms with Gasteiger partial charge < -0.3 is 10.4 Å². The van der Waals surface area contributed by atoms with E-state index in [0.717, 1.165) is 31.4 Å². The highest BCUT2D eigenvalue weighted by molar-refractivity contribution is 5.87. The Hall–Kier alpha value is -1.98. The van der Waals surface area contributed by atoms with E-state index in [2.05, 4.69) is 5.32 Å². The van der Waals surface area contributed by atoms with E-state index in [1.807, 2.05) is 0 Å². The third-order valence-electron chi connectivity index (χ3n) is 4.21. The van der Waals surface area contributed by atoms with Gasteiger partial charge in [0.15, 0.2) is 17.7 Å². The monoisotopic (exact) mass is 295 g/mol. The zero-order valence-corrected chi connectivity index (χ0v) is 11.2. The number of amides is 1. The summed E-state index contributed by atoms with van der Waals surface area (Å²) in [7, 11) is 0. The Morgan fingerprint density at radius 2 is 1.95 bits per heavy atom. The normalized spacial score (nSPS) is 25.2. The van der Waals surface area contributed by atoms with Crippen LogP contribution in [0.25, 0.3) is 0 Å². The smallest absolute Gasteiger partial charge is 0.330 e. The molecule has 112 valence electrons. The number of halogens is 2. The van der Waals surface area contributed by atoms with Crippen LogP contribution in [0.3, 0.4) is 0 Å². The molecule has 3 rings (SSSR count). The molecule has 0 aromatic heterocycles. The van der Waals surface area contributed by atoms with E-state index in [1.54, 1.807) is 0 Å². The number of benzene rings is 1. The highest BCUT2D eigenvalue weighted by Gasteiger charge is 2.51. The molecule has 0 aliphatic heterocycles. The van der Waals surface area contributed by atoms with Crippen LogP contribution in [0.15, 0.2) is 18.2 Å². The summed E-state index contributed by atoms with van der Waals surface area (Å²) in [6.07, 6.45) is 3.07. The number of carboxylic acids is 1.